The molecule has 0 spiro atoms. The zero-order valence-electron chi connectivity index (χ0n) is 19.8. The van der Waals surface area contributed by atoms with Gasteiger partial charge in [0, 0.05) is 25.0 Å². The Balaban J connectivity index is 1.80. The molecule has 0 saturated carbocycles. The van der Waals surface area contributed by atoms with Gasteiger partial charge in [0.15, 0.2) is 0 Å². The molecule has 2 aliphatic rings. The van der Waals surface area contributed by atoms with Gasteiger partial charge < -0.3 is 24.7 Å². The summed E-state index contributed by atoms with van der Waals surface area (Å²) in [6.45, 7) is 10.1. The molecule has 1 aliphatic carbocycles. The van der Waals surface area contributed by atoms with E-state index in [1.165, 1.54) is 0 Å². The monoisotopic (exact) mass is 449 g/mol. The molecule has 2 aromatic heterocycles. The number of hydrogen-bond acceptors (Lipinski definition) is 7. The van der Waals surface area contributed by atoms with E-state index < -0.39 is 0 Å². The maximum absolute atomic E-state index is 12.5. The Bertz CT molecular complexity index is 1190. The Morgan fingerprint density at radius 2 is 2.09 bits per heavy atom. The van der Waals surface area contributed by atoms with Gasteiger partial charge in [-0.1, -0.05) is 6.08 Å². The van der Waals surface area contributed by atoms with Crippen LogP contribution in [-0.2, 0) is 20.8 Å². The third-order valence-electron chi connectivity index (χ3n) is 5.87. The lowest BCUT2D eigenvalue weighted by molar-refractivity contribution is -0.142. The van der Waals surface area contributed by atoms with Crippen LogP contribution in [0.5, 0.6) is 0 Å². The smallest absolute Gasteiger partial charge is 0.338 e. The molecule has 2 N–H and O–H groups in total. The zero-order valence-corrected chi connectivity index (χ0v) is 19.8. The molecule has 2 aromatic rings. The second kappa shape index (κ2) is 8.86. The fourth-order valence-corrected chi connectivity index (χ4v) is 4.35. The molecule has 3 heterocycles. The van der Waals surface area contributed by atoms with Gasteiger partial charge in [0.1, 0.15) is 23.3 Å². The molecule has 1 aliphatic heterocycles. The van der Waals surface area contributed by atoms with Crippen molar-refractivity contribution < 1.29 is 14.3 Å². The summed E-state index contributed by atoms with van der Waals surface area (Å²) in [7, 11) is 3.60. The maximum atomic E-state index is 12.5. The van der Waals surface area contributed by atoms with Gasteiger partial charge in [0.05, 0.1) is 36.2 Å². The number of pyridine rings is 1. The molecule has 0 amide bonds. The van der Waals surface area contributed by atoms with Gasteiger partial charge in [-0.25, -0.2) is 9.78 Å². The summed E-state index contributed by atoms with van der Waals surface area (Å²) in [6, 6.07) is 5.48. The summed E-state index contributed by atoms with van der Waals surface area (Å²) < 4.78 is 13.2. The lowest BCUT2D eigenvalue weighted by atomic mass is 9.96. The van der Waals surface area contributed by atoms with Crippen molar-refractivity contribution in [3.05, 3.63) is 65.7 Å². The summed E-state index contributed by atoms with van der Waals surface area (Å²) in [5, 5.41) is 1.00. The average Bonchev–Trinajstić information content (AvgIpc) is 3.30. The minimum atomic E-state index is -0.377. The van der Waals surface area contributed by atoms with Crippen molar-refractivity contribution in [1.82, 2.24) is 14.5 Å². The first-order valence-corrected chi connectivity index (χ1v) is 11.1. The van der Waals surface area contributed by atoms with Crippen molar-refractivity contribution in [3.8, 4) is 0 Å². The number of rotatable bonds is 7. The van der Waals surface area contributed by atoms with E-state index in [1.54, 1.807) is 13.2 Å². The van der Waals surface area contributed by atoms with Crippen LogP contribution in [0.2, 0.25) is 0 Å². The number of esters is 1. The molecule has 0 fully saturated rings. The number of aromatic nitrogens is 2. The number of allylic oxidation sites excluding steroid dienone is 1. The molecular formula is C25H31N5O3. The number of nitrogens with two attached hydrogens (primary N) is 1. The number of carbonyl (C=O) groups excluding carboxylic acids is 1. The van der Waals surface area contributed by atoms with Crippen LogP contribution in [-0.4, -0.2) is 58.6 Å². The van der Waals surface area contributed by atoms with Crippen LogP contribution in [0.4, 0.5) is 0 Å². The Hall–Kier alpha value is -3.39. The van der Waals surface area contributed by atoms with E-state index in [0.717, 1.165) is 28.3 Å². The second-order valence-corrected chi connectivity index (χ2v) is 8.69. The van der Waals surface area contributed by atoms with Crippen LogP contribution in [0, 0.1) is 0 Å². The van der Waals surface area contributed by atoms with Gasteiger partial charge in [-0.3, -0.25) is 4.99 Å². The Morgan fingerprint density at radius 1 is 1.33 bits per heavy atom. The number of carbonyl (C=O) groups is 1. The summed E-state index contributed by atoms with van der Waals surface area (Å²) in [4.78, 5) is 24.4. The highest BCUT2D eigenvalue weighted by atomic mass is 16.5. The minimum absolute atomic E-state index is 0.150. The molecule has 4 rings (SSSR count). The van der Waals surface area contributed by atoms with Gasteiger partial charge in [-0.15, -0.1) is 6.58 Å². The molecule has 0 saturated heterocycles. The Labute approximate surface area is 194 Å². The first kappa shape index (κ1) is 22.8. The molecule has 3 atom stereocenters. The fourth-order valence-electron chi connectivity index (χ4n) is 4.35. The highest BCUT2D eigenvalue weighted by Gasteiger charge is 2.41. The van der Waals surface area contributed by atoms with E-state index in [-0.39, 0.29) is 30.2 Å². The minimum Gasteiger partial charge on any atom is -0.499 e. The molecule has 33 heavy (non-hydrogen) atoms. The summed E-state index contributed by atoms with van der Waals surface area (Å²) in [6.07, 6.45) is 5.24. The molecule has 8 nitrogen and oxygen atoms in total. The third kappa shape index (κ3) is 4.06. The van der Waals surface area contributed by atoms with Crippen LogP contribution < -0.4 is 5.73 Å². The van der Waals surface area contributed by atoms with E-state index in [2.05, 4.69) is 22.1 Å². The van der Waals surface area contributed by atoms with E-state index in [1.807, 2.05) is 52.1 Å². The summed E-state index contributed by atoms with van der Waals surface area (Å²) >= 11 is 0. The Kier molecular flexibility index (Phi) is 6.12. The fraction of sp³-hybridized carbons (Fsp3) is 0.400. The van der Waals surface area contributed by atoms with Crippen LogP contribution in [0.25, 0.3) is 11.0 Å². The predicted octanol–water partition coefficient (Wildman–Crippen LogP) is 3.09. The van der Waals surface area contributed by atoms with Crippen LogP contribution in [0.15, 0.2) is 59.3 Å². The number of ether oxygens (including phenoxy) is 2. The Morgan fingerprint density at radius 3 is 2.73 bits per heavy atom. The SMILES string of the molecule is C=CCn1c(C2=NC3C=C(C(=O)OC(C)C)C=C(OC)C3N2C)cc2ccc([C@@H](C)N)nc21. The second-order valence-electron chi connectivity index (χ2n) is 8.69. The van der Waals surface area contributed by atoms with Crippen molar-refractivity contribution in [2.75, 3.05) is 14.2 Å². The number of amidine groups is 1. The number of nitrogens with zero attached hydrogens (tertiary/aromatic N) is 4. The van der Waals surface area contributed by atoms with E-state index in [9.17, 15) is 4.79 Å². The van der Waals surface area contributed by atoms with Crippen molar-refractivity contribution in [2.45, 2.75) is 51.5 Å². The first-order chi connectivity index (χ1) is 15.7. The summed E-state index contributed by atoms with van der Waals surface area (Å²) in [5.74, 6) is 1.09. The molecule has 8 heteroatoms. The zero-order chi connectivity index (χ0) is 23.9. The molecule has 174 valence electrons. The highest BCUT2D eigenvalue weighted by molar-refractivity contribution is 6.03. The van der Waals surface area contributed by atoms with Gasteiger partial charge in [-0.05, 0) is 51.1 Å². The van der Waals surface area contributed by atoms with Crippen LogP contribution >= 0.6 is 0 Å². The first-order valence-electron chi connectivity index (χ1n) is 11.1. The third-order valence-corrected chi connectivity index (χ3v) is 5.87. The van der Waals surface area contributed by atoms with E-state index in [4.69, 9.17) is 25.2 Å². The van der Waals surface area contributed by atoms with Crippen molar-refractivity contribution in [2.24, 2.45) is 10.7 Å². The lowest BCUT2D eigenvalue weighted by Gasteiger charge is -2.30. The number of likely N-dealkylation sites (N-methyl/N-ethyl adjacent to an activating group) is 1. The number of fused-ring (bicyclic) bond motifs is 2. The highest BCUT2D eigenvalue weighted by Crippen LogP contribution is 2.33. The average molecular weight is 450 g/mol. The quantitative estimate of drug-likeness (QED) is 0.516. The van der Waals surface area contributed by atoms with E-state index in [0.29, 0.717) is 17.9 Å². The van der Waals surface area contributed by atoms with Gasteiger partial charge in [0.2, 0.25) is 0 Å². The molecule has 2 unspecified atom stereocenters. The standard InChI is InChI=1S/C25H31N5O3/c1-7-10-30-20(12-16-8-9-18(15(4)26)27-23(16)30)24-28-19-11-17(25(31)33-14(2)3)13-21(32-6)22(19)29(24)5/h7-9,11-15,19,22H,1,10,26H2,2-6H3/t15-,19?,22?/m1/s1. The normalized spacial score (nSPS) is 20.8. The summed E-state index contributed by atoms with van der Waals surface area (Å²) in [5.41, 5.74) is 9.11. The van der Waals surface area contributed by atoms with Gasteiger partial charge >= 0.3 is 5.97 Å². The number of aliphatic imine (C=N–C) groups is 1. The molecule has 0 aromatic carbocycles. The molecular weight excluding hydrogens is 418 g/mol. The largest absolute Gasteiger partial charge is 0.499 e. The number of hydrogen-bond donors (Lipinski definition) is 1. The lowest BCUT2D eigenvalue weighted by Crippen LogP contribution is -2.40. The molecule has 0 radical (unpaired) electrons. The topological polar surface area (TPSA) is 95.0 Å². The van der Waals surface area contributed by atoms with Crippen molar-refractivity contribution in [3.63, 3.8) is 0 Å². The molecule has 0 bridgehead atoms. The van der Waals surface area contributed by atoms with Crippen molar-refractivity contribution >= 4 is 22.8 Å². The van der Waals surface area contributed by atoms with Crippen LogP contribution in [0.1, 0.15) is 38.2 Å². The van der Waals surface area contributed by atoms with Crippen LogP contribution in [0.3, 0.4) is 0 Å². The number of methoxy groups -OCH3 is 1. The van der Waals surface area contributed by atoms with Gasteiger partial charge in [-0.2, -0.15) is 0 Å². The van der Waals surface area contributed by atoms with Gasteiger partial charge in [0.25, 0.3) is 0 Å². The van der Waals surface area contributed by atoms with Crippen molar-refractivity contribution in [1.29, 1.82) is 0 Å². The maximum Gasteiger partial charge on any atom is 0.338 e. The van der Waals surface area contributed by atoms with E-state index >= 15 is 0 Å². The predicted molar refractivity (Wildman–Crippen MR) is 129 cm³/mol.